The molecule has 0 unspecified atom stereocenters. The number of nitrogens with two attached hydrogens (primary N) is 1. The standard InChI is InChI=1S/C10H22N4O4S/c1-14-5-3-10(4-6-14,9(11)12-15)13-19(16,17)8-7-18-2/h13,15H,3-8H2,1-2H3,(H2,11,12). The first-order valence-corrected chi connectivity index (χ1v) is 7.67. The largest absolute Gasteiger partial charge is 0.409 e. The Bertz CT molecular complexity index is 415. The van der Waals surface area contributed by atoms with Crippen molar-refractivity contribution < 1.29 is 18.4 Å². The lowest BCUT2D eigenvalue weighted by molar-refractivity contribution is 0.208. The highest BCUT2D eigenvalue weighted by Gasteiger charge is 2.41. The molecule has 9 heteroatoms. The number of oxime groups is 1. The molecule has 0 radical (unpaired) electrons. The molecule has 1 fully saturated rings. The van der Waals surface area contributed by atoms with E-state index < -0.39 is 15.6 Å². The van der Waals surface area contributed by atoms with E-state index in [1.807, 2.05) is 7.05 Å². The van der Waals surface area contributed by atoms with E-state index in [4.69, 9.17) is 15.7 Å². The number of methoxy groups -OCH3 is 1. The molecule has 1 heterocycles. The average molecular weight is 294 g/mol. The summed E-state index contributed by atoms with van der Waals surface area (Å²) in [5.41, 5.74) is 4.68. The Morgan fingerprint density at radius 1 is 1.53 bits per heavy atom. The first-order valence-electron chi connectivity index (χ1n) is 6.02. The van der Waals surface area contributed by atoms with Crippen LogP contribution in [0.15, 0.2) is 5.16 Å². The smallest absolute Gasteiger partial charge is 0.214 e. The highest BCUT2D eigenvalue weighted by Crippen LogP contribution is 2.23. The van der Waals surface area contributed by atoms with Gasteiger partial charge in [-0.3, -0.25) is 0 Å². The maximum Gasteiger partial charge on any atom is 0.214 e. The van der Waals surface area contributed by atoms with Crippen LogP contribution in [0.25, 0.3) is 0 Å². The van der Waals surface area contributed by atoms with Crippen molar-refractivity contribution in [1.29, 1.82) is 0 Å². The summed E-state index contributed by atoms with van der Waals surface area (Å²) < 4.78 is 31.3. The average Bonchev–Trinajstić information content (AvgIpc) is 2.38. The molecule has 1 aliphatic rings. The van der Waals surface area contributed by atoms with Crippen LogP contribution in [0.1, 0.15) is 12.8 Å². The van der Waals surface area contributed by atoms with E-state index in [0.717, 1.165) is 0 Å². The second-order valence-corrected chi connectivity index (χ2v) is 6.63. The van der Waals surface area contributed by atoms with E-state index in [9.17, 15) is 8.42 Å². The lowest BCUT2D eigenvalue weighted by Gasteiger charge is -2.39. The number of nitrogens with one attached hydrogen (secondary N) is 1. The molecule has 0 atom stereocenters. The minimum absolute atomic E-state index is 0.0957. The first kappa shape index (κ1) is 16.2. The van der Waals surface area contributed by atoms with Gasteiger partial charge in [0.15, 0.2) is 5.84 Å². The minimum atomic E-state index is -3.54. The van der Waals surface area contributed by atoms with Crippen LogP contribution in [-0.4, -0.2) is 69.5 Å². The fraction of sp³-hybridized carbons (Fsp3) is 0.900. The summed E-state index contributed by atoms with van der Waals surface area (Å²) in [5, 5.41) is 11.9. The van der Waals surface area contributed by atoms with Crippen LogP contribution in [-0.2, 0) is 14.8 Å². The molecule has 1 rings (SSSR count). The Kier molecular flexibility index (Phi) is 5.53. The molecular weight excluding hydrogens is 272 g/mol. The topological polar surface area (TPSA) is 117 Å². The number of amidine groups is 1. The van der Waals surface area contributed by atoms with Gasteiger partial charge in [-0.2, -0.15) is 0 Å². The highest BCUT2D eigenvalue weighted by molar-refractivity contribution is 7.89. The third kappa shape index (κ3) is 4.30. The number of likely N-dealkylation sites (tertiary alicyclic amines) is 1. The van der Waals surface area contributed by atoms with Crippen LogP contribution in [0.4, 0.5) is 0 Å². The molecule has 0 amide bonds. The van der Waals surface area contributed by atoms with Crippen LogP contribution in [0.5, 0.6) is 0 Å². The van der Waals surface area contributed by atoms with Crippen LogP contribution in [0, 0.1) is 0 Å². The Hall–Kier alpha value is -0.900. The maximum absolute atomic E-state index is 12.0. The number of piperidine rings is 1. The normalized spacial score (nSPS) is 21.5. The fourth-order valence-corrected chi connectivity index (χ4v) is 3.44. The zero-order valence-electron chi connectivity index (χ0n) is 11.3. The molecule has 0 spiro atoms. The number of hydrogen-bond acceptors (Lipinski definition) is 6. The predicted molar refractivity (Wildman–Crippen MR) is 71.7 cm³/mol. The van der Waals surface area contributed by atoms with Gasteiger partial charge in [0, 0.05) is 20.2 Å². The van der Waals surface area contributed by atoms with Crippen molar-refractivity contribution >= 4 is 15.9 Å². The SMILES string of the molecule is COCCS(=O)(=O)NC1(C(N)=NO)CCN(C)CC1. The van der Waals surface area contributed by atoms with Crippen molar-refractivity contribution in [3.8, 4) is 0 Å². The summed E-state index contributed by atoms with van der Waals surface area (Å²) >= 11 is 0. The monoisotopic (exact) mass is 294 g/mol. The number of nitrogens with zero attached hydrogens (tertiary/aromatic N) is 2. The zero-order chi connectivity index (χ0) is 14.5. The van der Waals surface area contributed by atoms with Gasteiger partial charge >= 0.3 is 0 Å². The van der Waals surface area contributed by atoms with Crippen molar-refractivity contribution in [3.05, 3.63) is 0 Å². The Balaban J connectivity index is 2.88. The van der Waals surface area contributed by atoms with Gasteiger partial charge in [0.25, 0.3) is 0 Å². The number of ether oxygens (including phenoxy) is 1. The fourth-order valence-electron chi connectivity index (χ4n) is 2.05. The van der Waals surface area contributed by atoms with Crippen LogP contribution >= 0.6 is 0 Å². The van der Waals surface area contributed by atoms with E-state index in [1.165, 1.54) is 7.11 Å². The van der Waals surface area contributed by atoms with Gasteiger partial charge in [0.05, 0.1) is 17.9 Å². The molecule has 0 aromatic rings. The Labute approximate surface area is 113 Å². The van der Waals surface area contributed by atoms with E-state index in [1.54, 1.807) is 0 Å². The van der Waals surface area contributed by atoms with Crippen molar-refractivity contribution in [2.24, 2.45) is 10.9 Å². The van der Waals surface area contributed by atoms with Gasteiger partial charge < -0.3 is 20.6 Å². The third-order valence-electron chi connectivity index (χ3n) is 3.35. The number of hydrogen-bond donors (Lipinski definition) is 3. The maximum atomic E-state index is 12.0. The molecule has 19 heavy (non-hydrogen) atoms. The van der Waals surface area contributed by atoms with Crippen molar-refractivity contribution in [3.63, 3.8) is 0 Å². The number of rotatable bonds is 6. The molecule has 1 saturated heterocycles. The summed E-state index contributed by atoms with van der Waals surface area (Å²) in [5.74, 6) is -0.249. The lowest BCUT2D eigenvalue weighted by atomic mass is 9.88. The van der Waals surface area contributed by atoms with Gasteiger partial charge in [-0.15, -0.1) is 0 Å². The predicted octanol–water partition coefficient (Wildman–Crippen LogP) is -1.24. The van der Waals surface area contributed by atoms with E-state index in [2.05, 4.69) is 14.8 Å². The highest BCUT2D eigenvalue weighted by atomic mass is 32.2. The van der Waals surface area contributed by atoms with Crippen molar-refractivity contribution in [2.75, 3.05) is 39.6 Å². The molecular formula is C10H22N4O4S. The third-order valence-corrected chi connectivity index (χ3v) is 4.75. The molecule has 1 aliphatic heterocycles. The van der Waals surface area contributed by atoms with Gasteiger partial charge in [-0.05, 0) is 19.9 Å². The first-order chi connectivity index (χ1) is 8.85. The van der Waals surface area contributed by atoms with Gasteiger partial charge in [-0.25, -0.2) is 13.1 Å². The Morgan fingerprint density at radius 3 is 2.58 bits per heavy atom. The molecule has 0 bridgehead atoms. The second-order valence-electron chi connectivity index (χ2n) is 4.78. The summed E-state index contributed by atoms with van der Waals surface area (Å²) in [4.78, 5) is 2.06. The minimum Gasteiger partial charge on any atom is -0.409 e. The van der Waals surface area contributed by atoms with Crippen LogP contribution in [0.2, 0.25) is 0 Å². The molecule has 0 aromatic heterocycles. The van der Waals surface area contributed by atoms with E-state index in [0.29, 0.717) is 25.9 Å². The molecule has 4 N–H and O–H groups in total. The second kappa shape index (κ2) is 6.51. The molecule has 8 nitrogen and oxygen atoms in total. The molecule has 0 aliphatic carbocycles. The van der Waals surface area contributed by atoms with Gasteiger partial charge in [0.1, 0.15) is 0 Å². The van der Waals surface area contributed by atoms with Crippen molar-refractivity contribution in [2.45, 2.75) is 18.4 Å². The molecule has 0 saturated carbocycles. The molecule has 112 valence electrons. The summed E-state index contributed by atoms with van der Waals surface area (Å²) in [6.45, 7) is 1.44. The van der Waals surface area contributed by atoms with E-state index >= 15 is 0 Å². The quantitative estimate of drug-likeness (QED) is 0.244. The van der Waals surface area contributed by atoms with Crippen LogP contribution in [0.3, 0.4) is 0 Å². The molecule has 0 aromatic carbocycles. The van der Waals surface area contributed by atoms with Crippen LogP contribution < -0.4 is 10.5 Å². The summed E-state index contributed by atoms with van der Waals surface area (Å²) in [6, 6.07) is 0. The van der Waals surface area contributed by atoms with Gasteiger partial charge in [0.2, 0.25) is 10.0 Å². The van der Waals surface area contributed by atoms with Gasteiger partial charge in [-0.1, -0.05) is 5.16 Å². The van der Waals surface area contributed by atoms with E-state index in [-0.39, 0.29) is 18.2 Å². The lowest BCUT2D eigenvalue weighted by Crippen LogP contribution is -2.62. The Morgan fingerprint density at radius 2 is 2.11 bits per heavy atom. The summed E-state index contributed by atoms with van der Waals surface area (Å²) in [7, 11) is -0.165. The number of sulfonamides is 1. The zero-order valence-corrected chi connectivity index (χ0v) is 12.1. The summed E-state index contributed by atoms with van der Waals surface area (Å²) in [6.07, 6.45) is 0.928. The van der Waals surface area contributed by atoms with Crippen molar-refractivity contribution in [1.82, 2.24) is 9.62 Å².